The van der Waals surface area contributed by atoms with Crippen LogP contribution < -0.4 is 5.73 Å². The van der Waals surface area contributed by atoms with Gasteiger partial charge in [0.15, 0.2) is 0 Å². The number of nitrogens with two attached hydrogens (primary N) is 1. The van der Waals surface area contributed by atoms with E-state index in [-0.39, 0.29) is 6.04 Å². The van der Waals surface area contributed by atoms with Crippen molar-refractivity contribution in [2.75, 3.05) is 32.4 Å². The first-order valence-electron chi connectivity index (χ1n) is 6.39. The third-order valence-electron chi connectivity index (χ3n) is 3.57. The van der Waals surface area contributed by atoms with Crippen LogP contribution in [-0.4, -0.2) is 50.3 Å². The summed E-state index contributed by atoms with van der Waals surface area (Å²) in [6.45, 7) is 5.77. The van der Waals surface area contributed by atoms with Gasteiger partial charge < -0.3 is 10.6 Å². The number of nitrogen functional groups attached to an aromatic ring is 1. The quantitative estimate of drug-likeness (QED) is 0.819. The Morgan fingerprint density at radius 1 is 1.32 bits per heavy atom. The Hall–Kier alpha value is -1.11. The fourth-order valence-corrected chi connectivity index (χ4v) is 4.38. The smallest absolute Gasteiger partial charge is 0.243 e. The Balaban J connectivity index is 2.39. The zero-order valence-corrected chi connectivity index (χ0v) is 12.4. The van der Waals surface area contributed by atoms with E-state index in [0.29, 0.717) is 17.1 Å². The maximum Gasteiger partial charge on any atom is 0.243 e. The van der Waals surface area contributed by atoms with Crippen LogP contribution in [-0.2, 0) is 10.0 Å². The molecule has 5 nitrogen and oxygen atoms in total. The van der Waals surface area contributed by atoms with Gasteiger partial charge in [0.1, 0.15) is 0 Å². The number of nitrogens with zero attached hydrogens (tertiary/aromatic N) is 2. The number of sulfonamides is 1. The molecule has 0 saturated carbocycles. The molecule has 1 fully saturated rings. The van der Waals surface area contributed by atoms with E-state index in [0.717, 1.165) is 18.7 Å². The summed E-state index contributed by atoms with van der Waals surface area (Å²) >= 11 is 0. The van der Waals surface area contributed by atoms with Crippen molar-refractivity contribution in [2.24, 2.45) is 0 Å². The molecule has 0 bridgehead atoms. The maximum absolute atomic E-state index is 12.7. The second-order valence-corrected chi connectivity index (χ2v) is 7.11. The first kappa shape index (κ1) is 14.3. The number of piperazine rings is 1. The summed E-state index contributed by atoms with van der Waals surface area (Å²) < 4.78 is 27.0. The SMILES string of the molecule is Cc1ccc(N)cc1S(=O)(=O)N1CCN(C)CC1C. The molecule has 1 aromatic rings. The number of hydrogen-bond acceptors (Lipinski definition) is 4. The molecular weight excluding hydrogens is 262 g/mol. The predicted octanol–water partition coefficient (Wildman–Crippen LogP) is 0.902. The summed E-state index contributed by atoms with van der Waals surface area (Å²) in [5.41, 5.74) is 6.93. The van der Waals surface area contributed by atoms with Crippen molar-refractivity contribution >= 4 is 15.7 Å². The molecule has 2 rings (SSSR count). The zero-order chi connectivity index (χ0) is 14.2. The van der Waals surface area contributed by atoms with Gasteiger partial charge in [-0.2, -0.15) is 4.31 Å². The Morgan fingerprint density at radius 2 is 2.00 bits per heavy atom. The Kier molecular flexibility index (Phi) is 3.85. The lowest BCUT2D eigenvalue weighted by atomic mass is 10.2. The van der Waals surface area contributed by atoms with Crippen molar-refractivity contribution in [3.63, 3.8) is 0 Å². The van der Waals surface area contributed by atoms with Gasteiger partial charge in [0.25, 0.3) is 0 Å². The van der Waals surface area contributed by atoms with Gasteiger partial charge in [-0.15, -0.1) is 0 Å². The van der Waals surface area contributed by atoms with Crippen molar-refractivity contribution in [3.05, 3.63) is 23.8 Å². The fraction of sp³-hybridized carbons (Fsp3) is 0.538. The van der Waals surface area contributed by atoms with E-state index in [4.69, 9.17) is 5.73 Å². The third kappa shape index (κ3) is 2.75. The molecule has 1 aromatic carbocycles. The zero-order valence-electron chi connectivity index (χ0n) is 11.6. The minimum Gasteiger partial charge on any atom is -0.399 e. The molecule has 0 amide bonds. The van der Waals surface area contributed by atoms with E-state index in [1.54, 1.807) is 29.4 Å². The molecular formula is C13H21N3O2S. The van der Waals surface area contributed by atoms with Crippen molar-refractivity contribution in [2.45, 2.75) is 24.8 Å². The third-order valence-corrected chi connectivity index (χ3v) is 5.72. The van der Waals surface area contributed by atoms with E-state index in [1.165, 1.54) is 0 Å². The average molecular weight is 283 g/mol. The van der Waals surface area contributed by atoms with Crippen LogP contribution in [0.3, 0.4) is 0 Å². The molecule has 2 N–H and O–H groups in total. The predicted molar refractivity (Wildman–Crippen MR) is 76.4 cm³/mol. The Bertz CT molecular complexity index is 571. The molecule has 106 valence electrons. The van der Waals surface area contributed by atoms with Gasteiger partial charge in [-0.05, 0) is 38.6 Å². The highest BCUT2D eigenvalue weighted by molar-refractivity contribution is 7.89. The summed E-state index contributed by atoms with van der Waals surface area (Å²) in [6, 6.07) is 5.00. The molecule has 0 radical (unpaired) electrons. The van der Waals surface area contributed by atoms with Gasteiger partial charge in [-0.3, -0.25) is 0 Å². The highest BCUT2D eigenvalue weighted by Gasteiger charge is 2.33. The molecule has 1 aliphatic rings. The molecule has 1 heterocycles. The Morgan fingerprint density at radius 3 is 2.63 bits per heavy atom. The second kappa shape index (κ2) is 5.11. The summed E-state index contributed by atoms with van der Waals surface area (Å²) in [5, 5.41) is 0. The van der Waals surface area contributed by atoms with Crippen LogP contribution in [0.15, 0.2) is 23.1 Å². The number of anilines is 1. The topological polar surface area (TPSA) is 66.6 Å². The average Bonchev–Trinajstić information content (AvgIpc) is 2.31. The van der Waals surface area contributed by atoms with E-state index in [9.17, 15) is 8.42 Å². The van der Waals surface area contributed by atoms with Gasteiger partial charge in [0, 0.05) is 31.4 Å². The number of benzene rings is 1. The van der Waals surface area contributed by atoms with Crippen molar-refractivity contribution < 1.29 is 8.42 Å². The van der Waals surface area contributed by atoms with E-state index >= 15 is 0 Å². The largest absolute Gasteiger partial charge is 0.399 e. The lowest BCUT2D eigenvalue weighted by Crippen LogP contribution is -2.52. The van der Waals surface area contributed by atoms with Gasteiger partial charge in [0.2, 0.25) is 10.0 Å². The van der Waals surface area contributed by atoms with Crippen LogP contribution in [0.4, 0.5) is 5.69 Å². The van der Waals surface area contributed by atoms with Crippen LogP contribution >= 0.6 is 0 Å². The van der Waals surface area contributed by atoms with Crippen molar-refractivity contribution in [3.8, 4) is 0 Å². The number of aryl methyl sites for hydroxylation is 1. The molecule has 1 atom stereocenters. The first-order chi connectivity index (χ1) is 8.82. The summed E-state index contributed by atoms with van der Waals surface area (Å²) in [6.07, 6.45) is 0. The molecule has 0 spiro atoms. The molecule has 0 aliphatic carbocycles. The highest BCUT2D eigenvalue weighted by atomic mass is 32.2. The number of likely N-dealkylation sites (N-methyl/N-ethyl adjacent to an activating group) is 1. The normalized spacial score (nSPS) is 22.6. The van der Waals surface area contributed by atoms with Gasteiger partial charge >= 0.3 is 0 Å². The minimum atomic E-state index is -3.46. The molecule has 19 heavy (non-hydrogen) atoms. The first-order valence-corrected chi connectivity index (χ1v) is 7.83. The molecule has 1 unspecified atom stereocenters. The molecule has 0 aromatic heterocycles. The molecule has 1 saturated heterocycles. The lowest BCUT2D eigenvalue weighted by molar-refractivity contribution is 0.170. The van der Waals surface area contributed by atoms with Gasteiger partial charge in [-0.1, -0.05) is 6.07 Å². The van der Waals surface area contributed by atoms with Crippen molar-refractivity contribution in [1.82, 2.24) is 9.21 Å². The highest BCUT2D eigenvalue weighted by Crippen LogP contribution is 2.25. The number of hydrogen-bond donors (Lipinski definition) is 1. The van der Waals surface area contributed by atoms with Crippen LogP contribution in [0.5, 0.6) is 0 Å². The maximum atomic E-state index is 12.7. The van der Waals surface area contributed by atoms with E-state index in [1.807, 2.05) is 14.0 Å². The van der Waals surface area contributed by atoms with Crippen LogP contribution in [0.2, 0.25) is 0 Å². The van der Waals surface area contributed by atoms with E-state index in [2.05, 4.69) is 4.90 Å². The minimum absolute atomic E-state index is 0.0235. The van der Waals surface area contributed by atoms with Gasteiger partial charge in [-0.25, -0.2) is 8.42 Å². The number of rotatable bonds is 2. The summed E-state index contributed by atoms with van der Waals surface area (Å²) in [5.74, 6) is 0. The Labute approximate surface area is 115 Å². The van der Waals surface area contributed by atoms with Crippen LogP contribution in [0, 0.1) is 6.92 Å². The summed E-state index contributed by atoms with van der Waals surface area (Å²) in [7, 11) is -1.45. The van der Waals surface area contributed by atoms with Crippen LogP contribution in [0.25, 0.3) is 0 Å². The molecule has 6 heteroatoms. The monoisotopic (exact) mass is 283 g/mol. The van der Waals surface area contributed by atoms with E-state index < -0.39 is 10.0 Å². The second-order valence-electron chi connectivity index (χ2n) is 5.25. The fourth-order valence-electron chi connectivity index (χ4n) is 2.50. The standard InChI is InChI=1S/C13H21N3O2S/c1-10-4-5-12(14)8-13(10)19(17,18)16-7-6-15(3)9-11(16)2/h4-5,8,11H,6-7,9,14H2,1-3H3. The summed E-state index contributed by atoms with van der Waals surface area (Å²) in [4.78, 5) is 2.46. The molecule has 1 aliphatic heterocycles. The van der Waals surface area contributed by atoms with Crippen molar-refractivity contribution in [1.29, 1.82) is 0 Å². The lowest BCUT2D eigenvalue weighted by Gasteiger charge is -2.37. The van der Waals surface area contributed by atoms with Crippen LogP contribution in [0.1, 0.15) is 12.5 Å². The van der Waals surface area contributed by atoms with Gasteiger partial charge in [0.05, 0.1) is 4.90 Å².